The Hall–Kier alpha value is -1.97. The van der Waals surface area contributed by atoms with Crippen LogP contribution in [0.25, 0.3) is 6.08 Å². The molecule has 0 spiro atoms. The third kappa shape index (κ3) is 2.23. The van der Waals surface area contributed by atoms with E-state index in [0.717, 1.165) is 0 Å². The van der Waals surface area contributed by atoms with E-state index in [0.29, 0.717) is 6.29 Å². The van der Waals surface area contributed by atoms with E-state index in [9.17, 15) is 9.59 Å². The minimum absolute atomic E-state index is 0.0839. The molecule has 0 aliphatic rings. The standard InChI is InChI=1S/C9H7NO3/c11-6-2-4-8-7(9(12)13)3-1-5-10-8/h1-6H,(H,12,13). The van der Waals surface area contributed by atoms with Crippen LogP contribution in [0.4, 0.5) is 0 Å². The summed E-state index contributed by atoms with van der Waals surface area (Å²) >= 11 is 0. The van der Waals surface area contributed by atoms with Crippen LogP contribution in [0, 0.1) is 0 Å². The van der Waals surface area contributed by atoms with Gasteiger partial charge in [0.05, 0.1) is 11.3 Å². The van der Waals surface area contributed by atoms with Gasteiger partial charge in [-0.25, -0.2) is 4.79 Å². The Morgan fingerprint density at radius 3 is 2.92 bits per heavy atom. The number of hydrogen-bond acceptors (Lipinski definition) is 3. The number of pyridine rings is 1. The first-order chi connectivity index (χ1) is 6.25. The van der Waals surface area contributed by atoms with Crippen LogP contribution < -0.4 is 0 Å². The molecule has 0 radical (unpaired) electrons. The lowest BCUT2D eigenvalue weighted by molar-refractivity contribution is -0.104. The first kappa shape index (κ1) is 9.12. The normalized spacial score (nSPS) is 10.2. The first-order valence-electron chi connectivity index (χ1n) is 3.56. The molecule has 1 heterocycles. The van der Waals surface area contributed by atoms with Gasteiger partial charge in [-0.3, -0.25) is 9.78 Å². The van der Waals surface area contributed by atoms with E-state index in [1.165, 1.54) is 30.5 Å². The van der Waals surface area contributed by atoms with Gasteiger partial charge in [0.2, 0.25) is 0 Å². The summed E-state index contributed by atoms with van der Waals surface area (Å²) in [5.74, 6) is -1.06. The third-order valence-corrected chi connectivity index (χ3v) is 1.40. The van der Waals surface area contributed by atoms with Crippen molar-refractivity contribution in [2.45, 2.75) is 0 Å². The number of allylic oxidation sites excluding steroid dienone is 1. The molecule has 1 N–H and O–H groups in total. The second-order valence-corrected chi connectivity index (χ2v) is 2.24. The SMILES string of the molecule is O=CC=Cc1ncccc1C(=O)O. The van der Waals surface area contributed by atoms with Crippen molar-refractivity contribution in [2.24, 2.45) is 0 Å². The smallest absolute Gasteiger partial charge is 0.337 e. The summed E-state index contributed by atoms with van der Waals surface area (Å²) in [4.78, 5) is 24.4. The summed E-state index contributed by atoms with van der Waals surface area (Å²) in [6.45, 7) is 0. The fraction of sp³-hybridized carbons (Fsp3) is 0. The number of aromatic carboxylic acids is 1. The number of aldehydes is 1. The fourth-order valence-electron chi connectivity index (χ4n) is 0.862. The van der Waals surface area contributed by atoms with Crippen LogP contribution in [0.3, 0.4) is 0 Å². The molecule has 0 atom stereocenters. The van der Waals surface area contributed by atoms with Crippen molar-refractivity contribution in [3.8, 4) is 0 Å². The van der Waals surface area contributed by atoms with Gasteiger partial charge in [-0.15, -0.1) is 0 Å². The lowest BCUT2D eigenvalue weighted by atomic mass is 10.2. The summed E-state index contributed by atoms with van der Waals surface area (Å²) < 4.78 is 0. The average molecular weight is 177 g/mol. The minimum Gasteiger partial charge on any atom is -0.478 e. The van der Waals surface area contributed by atoms with Crippen LogP contribution in [0.15, 0.2) is 24.4 Å². The summed E-state index contributed by atoms with van der Waals surface area (Å²) in [7, 11) is 0. The zero-order valence-corrected chi connectivity index (χ0v) is 6.68. The number of carboxylic acids is 1. The predicted octanol–water partition coefficient (Wildman–Crippen LogP) is 0.992. The highest BCUT2D eigenvalue weighted by molar-refractivity contribution is 5.92. The maximum Gasteiger partial charge on any atom is 0.337 e. The molecule has 0 aliphatic carbocycles. The number of aromatic nitrogens is 1. The molecule has 0 saturated carbocycles. The minimum atomic E-state index is -1.06. The molecule has 1 aromatic heterocycles. The molecule has 13 heavy (non-hydrogen) atoms. The molecule has 0 saturated heterocycles. The summed E-state index contributed by atoms with van der Waals surface area (Å²) in [5.41, 5.74) is 0.364. The molecule has 4 heteroatoms. The predicted molar refractivity (Wildman–Crippen MR) is 46.3 cm³/mol. The second kappa shape index (κ2) is 4.15. The molecule has 0 fully saturated rings. The van der Waals surface area contributed by atoms with Crippen molar-refractivity contribution in [1.82, 2.24) is 4.98 Å². The third-order valence-electron chi connectivity index (χ3n) is 1.40. The highest BCUT2D eigenvalue weighted by Crippen LogP contribution is 2.06. The molecule has 0 amide bonds. The first-order valence-corrected chi connectivity index (χ1v) is 3.56. The van der Waals surface area contributed by atoms with Gasteiger partial charge in [0, 0.05) is 6.20 Å². The Balaban J connectivity index is 3.11. The molecule has 66 valence electrons. The quantitative estimate of drug-likeness (QED) is 0.552. The van der Waals surface area contributed by atoms with Gasteiger partial charge in [-0.05, 0) is 24.3 Å². The number of hydrogen-bond donors (Lipinski definition) is 1. The van der Waals surface area contributed by atoms with Crippen LogP contribution >= 0.6 is 0 Å². The molecule has 0 aromatic carbocycles. The van der Waals surface area contributed by atoms with Crippen LogP contribution in [-0.2, 0) is 4.79 Å². The zero-order chi connectivity index (χ0) is 9.68. The molecule has 0 aliphatic heterocycles. The molecule has 0 unspecified atom stereocenters. The second-order valence-electron chi connectivity index (χ2n) is 2.24. The molecule has 1 aromatic rings. The summed E-state index contributed by atoms with van der Waals surface area (Å²) in [6.07, 6.45) is 4.60. The van der Waals surface area contributed by atoms with Gasteiger partial charge in [-0.1, -0.05) is 0 Å². The van der Waals surface area contributed by atoms with Crippen LogP contribution in [0.1, 0.15) is 16.1 Å². The summed E-state index contributed by atoms with van der Waals surface area (Å²) in [5, 5.41) is 8.70. The van der Waals surface area contributed by atoms with E-state index >= 15 is 0 Å². The largest absolute Gasteiger partial charge is 0.478 e. The Labute approximate surface area is 74.5 Å². The van der Waals surface area contributed by atoms with Crippen molar-refractivity contribution in [3.63, 3.8) is 0 Å². The maximum atomic E-state index is 10.6. The Morgan fingerprint density at radius 1 is 1.54 bits per heavy atom. The van der Waals surface area contributed by atoms with E-state index < -0.39 is 5.97 Å². The monoisotopic (exact) mass is 177 g/mol. The molecular formula is C9H7NO3. The van der Waals surface area contributed by atoms with Gasteiger partial charge in [-0.2, -0.15) is 0 Å². The average Bonchev–Trinajstić information content (AvgIpc) is 2.15. The number of carboxylic acid groups (broad SMARTS) is 1. The van der Waals surface area contributed by atoms with E-state index in [4.69, 9.17) is 5.11 Å². The molecular weight excluding hydrogens is 170 g/mol. The number of nitrogens with zero attached hydrogens (tertiary/aromatic N) is 1. The highest BCUT2D eigenvalue weighted by Gasteiger charge is 2.06. The number of rotatable bonds is 3. The Morgan fingerprint density at radius 2 is 2.31 bits per heavy atom. The van der Waals surface area contributed by atoms with Crippen LogP contribution in [0.5, 0.6) is 0 Å². The van der Waals surface area contributed by atoms with Crippen LogP contribution in [0.2, 0.25) is 0 Å². The van der Waals surface area contributed by atoms with Crippen molar-refractivity contribution in [2.75, 3.05) is 0 Å². The van der Waals surface area contributed by atoms with Crippen molar-refractivity contribution < 1.29 is 14.7 Å². The molecule has 1 rings (SSSR count). The lowest BCUT2D eigenvalue weighted by Gasteiger charge is -1.97. The molecule has 0 bridgehead atoms. The fourth-order valence-corrected chi connectivity index (χ4v) is 0.862. The zero-order valence-electron chi connectivity index (χ0n) is 6.68. The van der Waals surface area contributed by atoms with Gasteiger partial charge in [0.15, 0.2) is 0 Å². The van der Waals surface area contributed by atoms with E-state index in [1.807, 2.05) is 0 Å². The Kier molecular flexibility index (Phi) is 2.92. The maximum absolute atomic E-state index is 10.6. The topological polar surface area (TPSA) is 67.3 Å². The van der Waals surface area contributed by atoms with Gasteiger partial charge in [0.25, 0.3) is 0 Å². The van der Waals surface area contributed by atoms with Crippen LogP contribution in [-0.4, -0.2) is 22.3 Å². The van der Waals surface area contributed by atoms with E-state index in [1.54, 1.807) is 0 Å². The Bertz CT molecular complexity index is 358. The summed E-state index contributed by atoms with van der Waals surface area (Å²) in [6, 6.07) is 2.96. The number of carbonyl (C=O) groups excluding carboxylic acids is 1. The van der Waals surface area contributed by atoms with E-state index in [-0.39, 0.29) is 11.3 Å². The number of carbonyl (C=O) groups is 2. The van der Waals surface area contributed by atoms with Crippen molar-refractivity contribution in [1.29, 1.82) is 0 Å². The van der Waals surface area contributed by atoms with Crippen molar-refractivity contribution >= 4 is 18.3 Å². The van der Waals surface area contributed by atoms with Gasteiger partial charge < -0.3 is 5.11 Å². The lowest BCUT2D eigenvalue weighted by Crippen LogP contribution is -2.00. The molecule has 4 nitrogen and oxygen atoms in total. The van der Waals surface area contributed by atoms with E-state index in [2.05, 4.69) is 4.98 Å². The highest BCUT2D eigenvalue weighted by atomic mass is 16.4. The van der Waals surface area contributed by atoms with Gasteiger partial charge in [0.1, 0.15) is 6.29 Å². The van der Waals surface area contributed by atoms with Gasteiger partial charge >= 0.3 is 5.97 Å². The van der Waals surface area contributed by atoms with Crippen molar-refractivity contribution in [3.05, 3.63) is 35.7 Å².